The van der Waals surface area contributed by atoms with E-state index < -0.39 is 0 Å². The molecule has 108 valence electrons. The van der Waals surface area contributed by atoms with E-state index in [-0.39, 0.29) is 18.1 Å². The first-order valence-corrected chi connectivity index (χ1v) is 7.47. The van der Waals surface area contributed by atoms with Crippen LogP contribution in [0.3, 0.4) is 0 Å². The van der Waals surface area contributed by atoms with Crippen LogP contribution in [0, 0.1) is 0 Å². The topological polar surface area (TPSA) is 55.6 Å². The molecule has 1 fully saturated rings. The first-order valence-electron chi connectivity index (χ1n) is 7.47. The third-order valence-electron chi connectivity index (χ3n) is 4.29. The van der Waals surface area contributed by atoms with E-state index in [1.54, 1.807) is 0 Å². The van der Waals surface area contributed by atoms with Crippen molar-refractivity contribution in [2.45, 2.75) is 51.2 Å². The quantitative estimate of drug-likeness (QED) is 0.862. The average molecular weight is 274 g/mol. The van der Waals surface area contributed by atoms with Crippen LogP contribution in [-0.2, 0) is 16.0 Å². The van der Waals surface area contributed by atoms with E-state index in [2.05, 4.69) is 6.92 Å². The largest absolute Gasteiger partial charge is 0.399 e. The maximum Gasteiger partial charge on any atom is 0.227 e. The highest BCUT2D eigenvalue weighted by atomic mass is 16.5. The SMILES string of the molecule is CC1Cc2cc(N)ccc2N1C(=O)CCC1CCCO1. The zero-order valence-electron chi connectivity index (χ0n) is 12.0. The molecule has 0 saturated carbocycles. The van der Waals surface area contributed by atoms with Crippen LogP contribution in [0.2, 0.25) is 0 Å². The smallest absolute Gasteiger partial charge is 0.227 e. The summed E-state index contributed by atoms with van der Waals surface area (Å²) in [5.41, 5.74) is 8.80. The number of carbonyl (C=O) groups is 1. The molecule has 0 spiro atoms. The van der Waals surface area contributed by atoms with E-state index in [1.165, 1.54) is 5.56 Å². The first kappa shape index (κ1) is 13.4. The molecule has 1 amide bonds. The lowest BCUT2D eigenvalue weighted by molar-refractivity contribution is -0.119. The summed E-state index contributed by atoms with van der Waals surface area (Å²) < 4.78 is 5.59. The van der Waals surface area contributed by atoms with Gasteiger partial charge in [0.1, 0.15) is 0 Å². The van der Waals surface area contributed by atoms with Crippen LogP contribution in [0.4, 0.5) is 11.4 Å². The Morgan fingerprint density at radius 2 is 2.35 bits per heavy atom. The fourth-order valence-corrected chi connectivity index (χ4v) is 3.31. The van der Waals surface area contributed by atoms with Crippen LogP contribution in [0.15, 0.2) is 18.2 Å². The molecule has 0 bridgehead atoms. The molecule has 2 N–H and O–H groups in total. The van der Waals surface area contributed by atoms with Crippen LogP contribution in [-0.4, -0.2) is 24.7 Å². The number of amides is 1. The number of rotatable bonds is 3. The molecule has 4 nitrogen and oxygen atoms in total. The lowest BCUT2D eigenvalue weighted by Crippen LogP contribution is -2.36. The third kappa shape index (κ3) is 2.52. The second kappa shape index (κ2) is 5.44. The lowest BCUT2D eigenvalue weighted by atomic mass is 10.1. The third-order valence-corrected chi connectivity index (χ3v) is 4.29. The number of nitrogens with two attached hydrogens (primary N) is 1. The maximum atomic E-state index is 12.5. The number of fused-ring (bicyclic) bond motifs is 1. The molecule has 20 heavy (non-hydrogen) atoms. The van der Waals surface area contributed by atoms with Crippen molar-refractivity contribution in [1.29, 1.82) is 0 Å². The average Bonchev–Trinajstić information content (AvgIpc) is 3.02. The van der Waals surface area contributed by atoms with Gasteiger partial charge in [-0.1, -0.05) is 0 Å². The zero-order valence-corrected chi connectivity index (χ0v) is 12.0. The number of hydrogen-bond acceptors (Lipinski definition) is 3. The standard InChI is InChI=1S/C16H22N2O2/c1-11-9-12-10-13(17)4-6-15(12)18(11)16(19)7-5-14-3-2-8-20-14/h4,6,10-11,14H,2-3,5,7-9,17H2,1H3. The predicted molar refractivity (Wildman–Crippen MR) is 79.7 cm³/mol. The summed E-state index contributed by atoms with van der Waals surface area (Å²) in [6.07, 6.45) is 4.80. The number of benzene rings is 1. The maximum absolute atomic E-state index is 12.5. The molecule has 4 heteroatoms. The number of hydrogen-bond donors (Lipinski definition) is 1. The van der Waals surface area contributed by atoms with Crippen LogP contribution in [0.1, 0.15) is 38.2 Å². The Morgan fingerprint density at radius 1 is 1.50 bits per heavy atom. The summed E-state index contributed by atoms with van der Waals surface area (Å²) >= 11 is 0. The summed E-state index contributed by atoms with van der Waals surface area (Å²) in [5.74, 6) is 0.205. The highest BCUT2D eigenvalue weighted by molar-refractivity contribution is 5.96. The van der Waals surface area contributed by atoms with E-state index in [4.69, 9.17) is 10.5 Å². The van der Waals surface area contributed by atoms with E-state index in [0.29, 0.717) is 6.42 Å². The molecule has 1 aromatic rings. The van der Waals surface area contributed by atoms with Crippen LogP contribution < -0.4 is 10.6 Å². The van der Waals surface area contributed by atoms with Gasteiger partial charge < -0.3 is 15.4 Å². The monoisotopic (exact) mass is 274 g/mol. The summed E-state index contributed by atoms with van der Waals surface area (Å²) in [5, 5.41) is 0. The van der Waals surface area contributed by atoms with Crippen molar-refractivity contribution >= 4 is 17.3 Å². The van der Waals surface area contributed by atoms with Crippen molar-refractivity contribution in [2.75, 3.05) is 17.2 Å². The van der Waals surface area contributed by atoms with Gasteiger partial charge in [0, 0.05) is 30.4 Å². The minimum Gasteiger partial charge on any atom is -0.399 e. The summed E-state index contributed by atoms with van der Waals surface area (Å²) in [6, 6.07) is 6.05. The number of carbonyl (C=O) groups excluding carboxylic acids is 1. The molecule has 2 unspecified atom stereocenters. The van der Waals surface area contributed by atoms with Gasteiger partial charge in [-0.2, -0.15) is 0 Å². The lowest BCUT2D eigenvalue weighted by Gasteiger charge is -2.23. The predicted octanol–water partition coefficient (Wildman–Crippen LogP) is 2.51. The Kier molecular flexibility index (Phi) is 3.66. The van der Waals surface area contributed by atoms with Gasteiger partial charge in [-0.3, -0.25) is 4.79 Å². The van der Waals surface area contributed by atoms with Gasteiger partial charge in [-0.25, -0.2) is 0 Å². The van der Waals surface area contributed by atoms with Gasteiger partial charge >= 0.3 is 0 Å². The number of anilines is 2. The Balaban J connectivity index is 1.68. The van der Waals surface area contributed by atoms with E-state index >= 15 is 0 Å². The summed E-state index contributed by atoms with van der Waals surface area (Å²) in [6.45, 7) is 2.95. The molecule has 2 heterocycles. The number of nitrogen functional groups attached to an aromatic ring is 1. The van der Waals surface area contributed by atoms with E-state index in [1.807, 2.05) is 23.1 Å². The van der Waals surface area contributed by atoms with Gasteiger partial charge in [-0.05, 0) is 56.4 Å². The molecule has 1 aromatic carbocycles. The van der Waals surface area contributed by atoms with Gasteiger partial charge in [0.2, 0.25) is 5.91 Å². The Morgan fingerprint density at radius 3 is 3.10 bits per heavy atom. The van der Waals surface area contributed by atoms with Crippen molar-refractivity contribution < 1.29 is 9.53 Å². The molecule has 3 rings (SSSR count). The molecular formula is C16H22N2O2. The van der Waals surface area contributed by atoms with Crippen molar-refractivity contribution in [1.82, 2.24) is 0 Å². The van der Waals surface area contributed by atoms with Crippen LogP contribution in [0.25, 0.3) is 0 Å². The Labute approximate surface area is 119 Å². The van der Waals surface area contributed by atoms with Crippen LogP contribution in [0.5, 0.6) is 0 Å². The minimum absolute atomic E-state index is 0.205. The van der Waals surface area contributed by atoms with E-state index in [9.17, 15) is 4.79 Å². The molecule has 2 atom stereocenters. The number of nitrogens with zero attached hydrogens (tertiary/aromatic N) is 1. The second-order valence-corrected chi connectivity index (χ2v) is 5.88. The number of ether oxygens (including phenoxy) is 1. The molecule has 0 aromatic heterocycles. The van der Waals surface area contributed by atoms with E-state index in [0.717, 1.165) is 43.7 Å². The van der Waals surface area contributed by atoms with Crippen molar-refractivity contribution in [2.24, 2.45) is 0 Å². The molecule has 1 saturated heterocycles. The second-order valence-electron chi connectivity index (χ2n) is 5.88. The Hall–Kier alpha value is -1.55. The van der Waals surface area contributed by atoms with Crippen molar-refractivity contribution in [3.05, 3.63) is 23.8 Å². The molecule has 0 radical (unpaired) electrons. The molecule has 2 aliphatic rings. The highest BCUT2D eigenvalue weighted by Crippen LogP contribution is 2.34. The summed E-state index contributed by atoms with van der Waals surface area (Å²) in [4.78, 5) is 14.4. The van der Waals surface area contributed by atoms with Gasteiger partial charge in [0.05, 0.1) is 6.10 Å². The van der Waals surface area contributed by atoms with Gasteiger partial charge in [0.15, 0.2) is 0 Å². The molecule has 0 aliphatic carbocycles. The van der Waals surface area contributed by atoms with Gasteiger partial charge in [-0.15, -0.1) is 0 Å². The molecule has 2 aliphatic heterocycles. The van der Waals surface area contributed by atoms with Gasteiger partial charge in [0.25, 0.3) is 0 Å². The minimum atomic E-state index is 0.205. The zero-order chi connectivity index (χ0) is 14.1. The highest BCUT2D eigenvalue weighted by Gasteiger charge is 2.31. The fraction of sp³-hybridized carbons (Fsp3) is 0.562. The summed E-state index contributed by atoms with van der Waals surface area (Å²) in [7, 11) is 0. The van der Waals surface area contributed by atoms with Crippen molar-refractivity contribution in [3.8, 4) is 0 Å². The first-order chi connectivity index (χ1) is 9.65. The fourth-order valence-electron chi connectivity index (χ4n) is 3.31. The Bertz CT molecular complexity index is 509. The molecular weight excluding hydrogens is 252 g/mol. The normalized spacial score (nSPS) is 24.9. The van der Waals surface area contributed by atoms with Crippen LogP contribution >= 0.6 is 0 Å². The van der Waals surface area contributed by atoms with Crippen molar-refractivity contribution in [3.63, 3.8) is 0 Å².